The van der Waals surface area contributed by atoms with E-state index in [4.69, 9.17) is 0 Å². The van der Waals surface area contributed by atoms with Crippen LogP contribution >= 0.6 is 11.3 Å². The zero-order chi connectivity index (χ0) is 17.5. The predicted octanol–water partition coefficient (Wildman–Crippen LogP) is 1.54. The fraction of sp³-hybridized carbons (Fsp3) is 0.294. The molecule has 0 aliphatic heterocycles. The van der Waals surface area contributed by atoms with Crippen LogP contribution in [0.5, 0.6) is 0 Å². The molecule has 7 heteroatoms. The molecule has 0 saturated heterocycles. The third kappa shape index (κ3) is 5.07. The molecule has 0 radical (unpaired) electrons. The van der Waals surface area contributed by atoms with Crippen molar-refractivity contribution in [2.75, 3.05) is 27.2 Å². The van der Waals surface area contributed by atoms with Crippen LogP contribution in [0.3, 0.4) is 0 Å². The molecule has 2 amide bonds. The molecule has 2 N–H and O–H groups in total. The van der Waals surface area contributed by atoms with Gasteiger partial charge in [0.1, 0.15) is 5.70 Å². The smallest absolute Gasteiger partial charge is 0.267 e. The standard InChI is InChI=1S/C17H22N4O2S/c1-20(2)10-8-18-16(22)14(12-13-6-4-9-21(13)3)19-17(23)15-7-5-11-24-15/h4-7,9,11-12H,8,10H2,1-3H3,(H,18,22)(H,19,23)/b14-12+. The second-order valence-electron chi connectivity index (χ2n) is 5.59. The largest absolute Gasteiger partial charge is 0.351 e. The lowest BCUT2D eigenvalue weighted by Crippen LogP contribution is -2.37. The Balaban J connectivity index is 2.15. The monoisotopic (exact) mass is 346 g/mol. The quantitative estimate of drug-likeness (QED) is 0.748. The summed E-state index contributed by atoms with van der Waals surface area (Å²) in [6.07, 6.45) is 3.56. The molecular formula is C17H22N4O2S. The van der Waals surface area contributed by atoms with Crippen LogP contribution in [0.15, 0.2) is 41.5 Å². The highest BCUT2D eigenvalue weighted by Crippen LogP contribution is 2.11. The molecular weight excluding hydrogens is 324 g/mol. The van der Waals surface area contributed by atoms with Gasteiger partial charge < -0.3 is 20.1 Å². The Morgan fingerprint density at radius 2 is 2.08 bits per heavy atom. The first-order valence-corrected chi connectivity index (χ1v) is 8.46. The molecule has 128 valence electrons. The number of hydrogen-bond donors (Lipinski definition) is 2. The van der Waals surface area contributed by atoms with Crippen molar-refractivity contribution in [3.8, 4) is 0 Å². The normalized spacial score (nSPS) is 11.6. The summed E-state index contributed by atoms with van der Waals surface area (Å²) in [5, 5.41) is 7.37. The van der Waals surface area contributed by atoms with Gasteiger partial charge in [-0.25, -0.2) is 0 Å². The van der Waals surface area contributed by atoms with Gasteiger partial charge in [0, 0.05) is 32.0 Å². The third-order valence-electron chi connectivity index (χ3n) is 3.36. The van der Waals surface area contributed by atoms with E-state index in [-0.39, 0.29) is 17.5 Å². The van der Waals surface area contributed by atoms with Crippen molar-refractivity contribution in [1.82, 2.24) is 20.1 Å². The van der Waals surface area contributed by atoms with Gasteiger partial charge in [-0.2, -0.15) is 0 Å². The lowest BCUT2D eigenvalue weighted by Gasteiger charge is -2.13. The van der Waals surface area contributed by atoms with Crippen LogP contribution in [0.1, 0.15) is 15.4 Å². The van der Waals surface area contributed by atoms with Gasteiger partial charge in [-0.15, -0.1) is 11.3 Å². The number of amides is 2. The van der Waals surface area contributed by atoms with E-state index in [9.17, 15) is 9.59 Å². The van der Waals surface area contributed by atoms with Crippen molar-refractivity contribution in [3.05, 3.63) is 52.1 Å². The minimum atomic E-state index is -0.303. The van der Waals surface area contributed by atoms with Crippen molar-refractivity contribution in [2.45, 2.75) is 0 Å². The summed E-state index contributed by atoms with van der Waals surface area (Å²) in [7, 11) is 5.76. The van der Waals surface area contributed by atoms with Crippen LogP contribution in [-0.4, -0.2) is 48.5 Å². The number of nitrogens with zero attached hydrogens (tertiary/aromatic N) is 2. The summed E-state index contributed by atoms with van der Waals surface area (Å²) in [6.45, 7) is 1.23. The second kappa shape index (κ2) is 8.47. The highest BCUT2D eigenvalue weighted by molar-refractivity contribution is 7.12. The van der Waals surface area contributed by atoms with Crippen LogP contribution in [0.25, 0.3) is 6.08 Å². The topological polar surface area (TPSA) is 66.4 Å². The maximum atomic E-state index is 12.4. The molecule has 0 aromatic carbocycles. The number of likely N-dealkylation sites (N-methyl/N-ethyl adjacent to an activating group) is 1. The maximum absolute atomic E-state index is 12.4. The molecule has 0 atom stereocenters. The molecule has 2 heterocycles. The third-order valence-corrected chi connectivity index (χ3v) is 4.23. The zero-order valence-corrected chi connectivity index (χ0v) is 14.9. The molecule has 0 spiro atoms. The lowest BCUT2D eigenvalue weighted by atomic mass is 10.3. The van der Waals surface area contributed by atoms with E-state index in [2.05, 4.69) is 10.6 Å². The van der Waals surface area contributed by atoms with E-state index in [0.29, 0.717) is 11.4 Å². The molecule has 24 heavy (non-hydrogen) atoms. The van der Waals surface area contributed by atoms with Crippen LogP contribution in [0.4, 0.5) is 0 Å². The first kappa shape index (κ1) is 18.0. The molecule has 0 aliphatic carbocycles. The minimum Gasteiger partial charge on any atom is -0.351 e. The molecule has 2 aromatic heterocycles. The van der Waals surface area contributed by atoms with Gasteiger partial charge in [0.2, 0.25) is 0 Å². The summed E-state index contributed by atoms with van der Waals surface area (Å²) in [6, 6.07) is 7.29. The van der Waals surface area contributed by atoms with Gasteiger partial charge in [-0.3, -0.25) is 9.59 Å². The van der Waals surface area contributed by atoms with E-state index >= 15 is 0 Å². The van der Waals surface area contributed by atoms with Gasteiger partial charge in [0.25, 0.3) is 11.8 Å². The van der Waals surface area contributed by atoms with Crippen LogP contribution in [0, 0.1) is 0 Å². The van der Waals surface area contributed by atoms with E-state index in [1.165, 1.54) is 11.3 Å². The fourth-order valence-corrected chi connectivity index (χ4v) is 2.63. The first-order chi connectivity index (χ1) is 11.5. The van der Waals surface area contributed by atoms with Gasteiger partial charge in [-0.05, 0) is 43.8 Å². The minimum absolute atomic E-state index is 0.231. The molecule has 2 aromatic rings. The Kier molecular flexibility index (Phi) is 6.34. The highest BCUT2D eigenvalue weighted by Gasteiger charge is 2.15. The average Bonchev–Trinajstić information content (AvgIpc) is 3.18. The van der Waals surface area contributed by atoms with E-state index < -0.39 is 0 Å². The summed E-state index contributed by atoms with van der Waals surface area (Å²) < 4.78 is 1.88. The Hall–Kier alpha value is -2.38. The fourth-order valence-electron chi connectivity index (χ4n) is 2.01. The molecule has 0 unspecified atom stereocenters. The number of thiophene rings is 1. The molecule has 0 fully saturated rings. The van der Waals surface area contributed by atoms with Gasteiger partial charge in [0.05, 0.1) is 4.88 Å². The van der Waals surface area contributed by atoms with Crippen LogP contribution in [-0.2, 0) is 11.8 Å². The molecule has 0 bridgehead atoms. The van der Waals surface area contributed by atoms with Crippen molar-refractivity contribution in [1.29, 1.82) is 0 Å². The van der Waals surface area contributed by atoms with E-state index in [1.807, 2.05) is 54.3 Å². The SMILES string of the molecule is CN(C)CCNC(=O)/C(=C\c1cccn1C)NC(=O)c1cccs1. The lowest BCUT2D eigenvalue weighted by molar-refractivity contribution is -0.117. The number of carbonyl (C=O) groups is 2. The molecule has 0 aliphatic rings. The van der Waals surface area contributed by atoms with Crippen LogP contribution in [0.2, 0.25) is 0 Å². The van der Waals surface area contributed by atoms with Gasteiger partial charge >= 0.3 is 0 Å². The summed E-state index contributed by atoms with van der Waals surface area (Å²) in [5.41, 5.74) is 1.06. The number of carbonyl (C=O) groups excluding carboxylic acids is 2. The van der Waals surface area contributed by atoms with Crippen molar-refractivity contribution in [3.63, 3.8) is 0 Å². The summed E-state index contributed by atoms with van der Waals surface area (Å²) in [4.78, 5) is 27.3. The zero-order valence-electron chi connectivity index (χ0n) is 14.1. The Morgan fingerprint density at radius 1 is 1.29 bits per heavy atom. The maximum Gasteiger partial charge on any atom is 0.267 e. The number of aromatic nitrogens is 1. The molecule has 0 saturated carbocycles. The summed E-state index contributed by atoms with van der Waals surface area (Å²) >= 11 is 1.33. The Labute approximate surface area is 145 Å². The predicted molar refractivity (Wildman–Crippen MR) is 96.7 cm³/mol. The average molecular weight is 346 g/mol. The van der Waals surface area contributed by atoms with Crippen molar-refractivity contribution < 1.29 is 9.59 Å². The highest BCUT2D eigenvalue weighted by atomic mass is 32.1. The van der Waals surface area contributed by atoms with E-state index in [1.54, 1.807) is 18.2 Å². The van der Waals surface area contributed by atoms with Gasteiger partial charge in [-0.1, -0.05) is 6.07 Å². The first-order valence-electron chi connectivity index (χ1n) is 7.58. The molecule has 6 nitrogen and oxygen atoms in total. The van der Waals surface area contributed by atoms with E-state index in [0.717, 1.165) is 12.2 Å². The number of rotatable bonds is 7. The summed E-state index contributed by atoms with van der Waals surface area (Å²) in [5.74, 6) is -0.587. The van der Waals surface area contributed by atoms with Gasteiger partial charge in [0.15, 0.2) is 0 Å². The van der Waals surface area contributed by atoms with Crippen molar-refractivity contribution in [2.24, 2.45) is 7.05 Å². The Bertz CT molecular complexity index is 717. The number of nitrogens with one attached hydrogen (secondary N) is 2. The van der Waals surface area contributed by atoms with Crippen LogP contribution < -0.4 is 10.6 Å². The number of hydrogen-bond acceptors (Lipinski definition) is 4. The Morgan fingerprint density at radius 3 is 2.67 bits per heavy atom. The number of aryl methyl sites for hydroxylation is 1. The second-order valence-corrected chi connectivity index (χ2v) is 6.54. The van der Waals surface area contributed by atoms with Crippen molar-refractivity contribution >= 4 is 29.2 Å². The molecule has 2 rings (SSSR count).